The van der Waals surface area contributed by atoms with Gasteiger partial charge >= 0.3 is 6.09 Å². The van der Waals surface area contributed by atoms with Crippen molar-refractivity contribution in [2.45, 2.75) is 84.4 Å². The Kier molecular flexibility index (Phi) is 7.82. The quantitative estimate of drug-likeness (QED) is 0.523. The monoisotopic (exact) mass is 480 g/mol. The highest BCUT2D eigenvalue weighted by Gasteiger charge is 2.39. The zero-order valence-corrected chi connectivity index (χ0v) is 20.8. The summed E-state index contributed by atoms with van der Waals surface area (Å²) in [5.74, 6) is -2.83. The summed E-state index contributed by atoms with van der Waals surface area (Å²) in [5.41, 5.74) is 7.29. The first-order chi connectivity index (χ1) is 15.8. The van der Waals surface area contributed by atoms with Gasteiger partial charge in [0, 0.05) is 25.9 Å². The highest BCUT2D eigenvalue weighted by atomic mass is 19.3. The summed E-state index contributed by atoms with van der Waals surface area (Å²) in [7, 11) is 0. The lowest BCUT2D eigenvalue weighted by molar-refractivity contribution is -0.0500. The number of alkyl halides is 2. The Morgan fingerprint density at radius 1 is 1.29 bits per heavy atom. The Labute approximate surface area is 200 Å². The minimum Gasteiger partial charge on any atom is -0.444 e. The number of hydrogen-bond donors (Lipinski definition) is 3. The first-order valence-electron chi connectivity index (χ1n) is 11.9. The molecule has 190 valence electrons. The maximum absolute atomic E-state index is 13.8. The van der Waals surface area contributed by atoms with Gasteiger partial charge < -0.3 is 21.1 Å². The molecule has 1 aliphatic carbocycles. The fourth-order valence-corrected chi connectivity index (χ4v) is 4.06. The number of nitrogens with two attached hydrogens (primary N) is 1. The molecule has 2 aromatic heterocycles. The molecular formula is C24H38F2N6O2. The van der Waals surface area contributed by atoms with Crippen LogP contribution in [0, 0.1) is 11.3 Å². The molecule has 1 fully saturated rings. The van der Waals surface area contributed by atoms with Gasteiger partial charge in [-0.2, -0.15) is 5.10 Å². The largest absolute Gasteiger partial charge is 0.444 e. The van der Waals surface area contributed by atoms with E-state index < -0.39 is 23.7 Å². The van der Waals surface area contributed by atoms with Gasteiger partial charge in [-0.05, 0) is 63.1 Å². The number of fused-ring (bicyclic) bond motifs is 1. The number of nitrogens with one attached hydrogen (secondary N) is 2. The number of alkyl carbamates (subject to hydrolysis) is 1. The molecule has 0 unspecified atom stereocenters. The maximum Gasteiger partial charge on any atom is 0.408 e. The minimum atomic E-state index is -2.66. The van der Waals surface area contributed by atoms with Crippen LogP contribution in [0.4, 0.5) is 13.6 Å². The van der Waals surface area contributed by atoms with E-state index in [1.165, 1.54) is 0 Å². The molecule has 2 heterocycles. The normalized spacial score (nSPS) is 18.1. The van der Waals surface area contributed by atoms with Crippen LogP contribution in [-0.2, 0) is 11.3 Å². The van der Waals surface area contributed by atoms with Crippen LogP contribution in [0.2, 0.25) is 0 Å². The summed E-state index contributed by atoms with van der Waals surface area (Å²) >= 11 is 0. The van der Waals surface area contributed by atoms with E-state index in [-0.39, 0.29) is 24.2 Å². The Hall–Kier alpha value is -2.33. The van der Waals surface area contributed by atoms with Gasteiger partial charge in [0.05, 0.1) is 24.1 Å². The molecule has 0 saturated heterocycles. The number of amides is 1. The van der Waals surface area contributed by atoms with Crippen molar-refractivity contribution >= 4 is 11.7 Å². The number of carbonyl (C=O) groups excluding carboxylic acids is 1. The predicted octanol–water partition coefficient (Wildman–Crippen LogP) is 4.20. The summed E-state index contributed by atoms with van der Waals surface area (Å²) in [6, 6.07) is 1.39. The van der Waals surface area contributed by atoms with Crippen molar-refractivity contribution in [1.29, 1.82) is 0 Å². The molecule has 4 N–H and O–H groups in total. The van der Waals surface area contributed by atoms with Crippen molar-refractivity contribution in [2.24, 2.45) is 17.1 Å². The van der Waals surface area contributed by atoms with E-state index in [4.69, 9.17) is 15.5 Å². The Morgan fingerprint density at radius 3 is 2.59 bits per heavy atom. The molecule has 3 rings (SSSR count). The molecule has 1 amide bonds. The number of imidazole rings is 1. The molecule has 0 radical (unpaired) electrons. The van der Waals surface area contributed by atoms with Gasteiger partial charge in [0.25, 0.3) is 0 Å². The molecule has 1 atom stereocenters. The van der Waals surface area contributed by atoms with Crippen LogP contribution in [-0.4, -0.2) is 45.3 Å². The lowest BCUT2D eigenvalue weighted by atomic mass is 9.81. The van der Waals surface area contributed by atoms with Crippen LogP contribution in [0.25, 0.3) is 5.65 Å². The van der Waals surface area contributed by atoms with Gasteiger partial charge in [0.1, 0.15) is 5.60 Å². The van der Waals surface area contributed by atoms with E-state index >= 15 is 0 Å². The fraction of sp³-hybridized carbons (Fsp3) is 0.708. The summed E-state index contributed by atoms with van der Waals surface area (Å²) < 4.78 is 34.6. The summed E-state index contributed by atoms with van der Waals surface area (Å²) in [4.78, 5) is 17.3. The van der Waals surface area contributed by atoms with Crippen molar-refractivity contribution in [2.75, 3.05) is 13.1 Å². The van der Waals surface area contributed by atoms with Gasteiger partial charge in [0.2, 0.25) is 5.92 Å². The highest BCUT2D eigenvalue weighted by Crippen LogP contribution is 2.41. The molecule has 1 aliphatic rings. The standard InChI is InChI=1S/C24H38F2N6O2/c1-22(2,3)34-21(33)31-20(17-6-8-24(25,26)9-7-17)18-13-32-19(30-18)10-16(12-29-32)11-28-15-23(4,5)14-27/h10,12-13,17,20,28H,6-9,11,14-15,27H2,1-5H3,(H,31,33)/t20-/m0/s1. The lowest BCUT2D eigenvalue weighted by Gasteiger charge is -2.33. The second kappa shape index (κ2) is 10.1. The van der Waals surface area contributed by atoms with Crippen molar-refractivity contribution in [3.8, 4) is 0 Å². The zero-order chi connectivity index (χ0) is 25.1. The van der Waals surface area contributed by atoms with Crippen LogP contribution in [0.3, 0.4) is 0 Å². The molecule has 2 aromatic rings. The molecule has 0 bridgehead atoms. The third kappa shape index (κ3) is 7.33. The van der Waals surface area contributed by atoms with Crippen molar-refractivity contribution in [3.05, 3.63) is 29.7 Å². The van der Waals surface area contributed by atoms with Gasteiger partial charge in [-0.3, -0.25) is 0 Å². The van der Waals surface area contributed by atoms with Crippen LogP contribution >= 0.6 is 0 Å². The zero-order valence-electron chi connectivity index (χ0n) is 20.8. The van der Waals surface area contributed by atoms with Crippen LogP contribution < -0.4 is 16.4 Å². The number of aromatic nitrogens is 3. The van der Waals surface area contributed by atoms with Gasteiger partial charge in [-0.25, -0.2) is 23.1 Å². The molecule has 34 heavy (non-hydrogen) atoms. The van der Waals surface area contributed by atoms with Gasteiger partial charge in [-0.15, -0.1) is 0 Å². The van der Waals surface area contributed by atoms with Crippen LogP contribution in [0.15, 0.2) is 18.5 Å². The second-order valence-electron chi connectivity index (χ2n) is 11.1. The first-order valence-corrected chi connectivity index (χ1v) is 11.9. The number of carbonyl (C=O) groups is 1. The number of halogens is 2. The average Bonchev–Trinajstić information content (AvgIpc) is 3.14. The third-order valence-electron chi connectivity index (χ3n) is 6.10. The minimum absolute atomic E-state index is 0.00460. The van der Waals surface area contributed by atoms with E-state index in [1.54, 1.807) is 37.7 Å². The van der Waals surface area contributed by atoms with E-state index in [0.29, 0.717) is 37.3 Å². The van der Waals surface area contributed by atoms with Crippen LogP contribution in [0.1, 0.15) is 77.6 Å². The molecular weight excluding hydrogens is 442 g/mol. The van der Waals surface area contributed by atoms with Gasteiger partial charge in [-0.1, -0.05) is 13.8 Å². The number of hydrogen-bond acceptors (Lipinski definition) is 6. The Balaban J connectivity index is 1.79. The third-order valence-corrected chi connectivity index (χ3v) is 6.10. The first kappa shape index (κ1) is 26.3. The maximum atomic E-state index is 13.8. The van der Waals surface area contributed by atoms with E-state index in [2.05, 4.69) is 29.6 Å². The molecule has 0 aliphatic heterocycles. The van der Waals surface area contributed by atoms with Crippen molar-refractivity contribution in [3.63, 3.8) is 0 Å². The topological polar surface area (TPSA) is 107 Å². The molecule has 0 aromatic carbocycles. The lowest BCUT2D eigenvalue weighted by Crippen LogP contribution is -2.40. The average molecular weight is 481 g/mol. The van der Waals surface area contributed by atoms with Gasteiger partial charge in [0.15, 0.2) is 5.65 Å². The predicted molar refractivity (Wildman–Crippen MR) is 127 cm³/mol. The molecule has 0 spiro atoms. The fourth-order valence-electron chi connectivity index (χ4n) is 4.06. The Morgan fingerprint density at radius 2 is 1.97 bits per heavy atom. The van der Waals surface area contributed by atoms with Crippen LogP contribution in [0.5, 0.6) is 0 Å². The molecule has 10 heteroatoms. The Bertz CT molecular complexity index is 975. The van der Waals surface area contributed by atoms with E-state index in [0.717, 1.165) is 12.1 Å². The molecule has 8 nitrogen and oxygen atoms in total. The molecule has 1 saturated carbocycles. The van der Waals surface area contributed by atoms with Crippen molar-refractivity contribution in [1.82, 2.24) is 25.2 Å². The van der Waals surface area contributed by atoms with E-state index in [9.17, 15) is 13.6 Å². The van der Waals surface area contributed by atoms with Crippen molar-refractivity contribution < 1.29 is 18.3 Å². The van der Waals surface area contributed by atoms with E-state index in [1.807, 2.05) is 6.07 Å². The smallest absolute Gasteiger partial charge is 0.408 e. The summed E-state index contributed by atoms with van der Waals surface area (Å²) in [6.07, 6.45) is 3.10. The summed E-state index contributed by atoms with van der Waals surface area (Å²) in [6.45, 7) is 11.5. The SMILES string of the molecule is CC(C)(CN)CNCc1cnn2cc([C@@H](NC(=O)OC(C)(C)C)C3CCC(F)(F)CC3)nc2c1. The number of rotatable bonds is 8. The second-order valence-corrected chi connectivity index (χ2v) is 11.1. The summed E-state index contributed by atoms with van der Waals surface area (Å²) in [5, 5.41) is 10.7. The number of ether oxygens (including phenoxy) is 1. The number of nitrogens with zero attached hydrogens (tertiary/aromatic N) is 3. The highest BCUT2D eigenvalue weighted by molar-refractivity contribution is 5.68.